The van der Waals surface area contributed by atoms with Crippen molar-refractivity contribution in [3.8, 4) is 0 Å². The predicted octanol–water partition coefficient (Wildman–Crippen LogP) is 3.98. The van der Waals surface area contributed by atoms with Gasteiger partial charge in [-0.3, -0.25) is 9.79 Å². The maximum absolute atomic E-state index is 11.9. The van der Waals surface area contributed by atoms with Gasteiger partial charge in [-0.1, -0.05) is 53.5 Å². The number of likely N-dealkylation sites (tertiary alicyclic amines) is 1. The topological polar surface area (TPSA) is 56.7 Å². The van der Waals surface area contributed by atoms with Crippen molar-refractivity contribution < 1.29 is 4.79 Å². The minimum Gasteiger partial charge on any atom is -0.352 e. The smallest absolute Gasteiger partial charge is 0.222 e. The van der Waals surface area contributed by atoms with E-state index in [1.807, 2.05) is 29.2 Å². The molecule has 5 nitrogen and oxygen atoms in total. The number of hydrogen-bond donors (Lipinski definition) is 2. The summed E-state index contributed by atoms with van der Waals surface area (Å²) in [5, 5.41) is 7.83. The van der Waals surface area contributed by atoms with Gasteiger partial charge < -0.3 is 15.5 Å². The zero-order valence-corrected chi connectivity index (χ0v) is 17.4. The Hall–Kier alpha value is -2.24. The highest BCUT2D eigenvalue weighted by Crippen LogP contribution is 2.21. The first-order valence-electron chi connectivity index (χ1n) is 9.30. The van der Waals surface area contributed by atoms with E-state index >= 15 is 0 Å². The monoisotopic (exact) mass is 418 g/mol. The Labute approximate surface area is 175 Å². The molecule has 0 spiro atoms. The van der Waals surface area contributed by atoms with E-state index in [9.17, 15) is 4.79 Å². The van der Waals surface area contributed by atoms with Crippen LogP contribution in [0.15, 0.2) is 47.5 Å². The Morgan fingerprint density at radius 1 is 1.07 bits per heavy atom. The molecule has 1 saturated heterocycles. The zero-order valence-electron chi connectivity index (χ0n) is 15.8. The van der Waals surface area contributed by atoms with Crippen molar-refractivity contribution >= 4 is 35.1 Å². The fourth-order valence-electron chi connectivity index (χ4n) is 3.20. The molecule has 2 N–H and O–H groups in total. The lowest BCUT2D eigenvalue weighted by Gasteiger charge is -2.19. The summed E-state index contributed by atoms with van der Waals surface area (Å²) in [6.07, 6.45) is 1.60. The van der Waals surface area contributed by atoms with Gasteiger partial charge >= 0.3 is 0 Å². The van der Waals surface area contributed by atoms with Crippen LogP contribution < -0.4 is 10.6 Å². The molecule has 2 aromatic rings. The first-order valence-corrected chi connectivity index (χ1v) is 10.1. The number of carbonyl (C=O) groups is 1. The third-order valence-corrected chi connectivity index (χ3v) is 5.37. The summed E-state index contributed by atoms with van der Waals surface area (Å²) in [4.78, 5) is 18.1. The predicted molar refractivity (Wildman–Crippen MR) is 115 cm³/mol. The summed E-state index contributed by atoms with van der Waals surface area (Å²) in [7, 11) is 1.73. The van der Waals surface area contributed by atoms with Crippen LogP contribution in [-0.2, 0) is 24.4 Å². The van der Waals surface area contributed by atoms with Crippen molar-refractivity contribution in [1.29, 1.82) is 0 Å². The molecular weight excluding hydrogens is 395 g/mol. The second kappa shape index (κ2) is 9.80. The molecule has 0 aliphatic carbocycles. The standard InChI is InChI=1S/C21H24Cl2N4O/c1-24-21(26-13-16-8-9-18(22)11-19(16)23)25-12-15-5-2-3-6-17(15)14-27-10-4-7-20(27)28/h2-3,5-6,8-9,11H,4,7,10,12-14H2,1H3,(H2,24,25,26). The second-order valence-corrected chi connectivity index (χ2v) is 7.55. The van der Waals surface area contributed by atoms with Crippen molar-refractivity contribution in [1.82, 2.24) is 15.5 Å². The second-order valence-electron chi connectivity index (χ2n) is 6.70. The number of hydrogen-bond acceptors (Lipinski definition) is 2. The van der Waals surface area contributed by atoms with Crippen LogP contribution in [0.4, 0.5) is 0 Å². The number of halogens is 2. The van der Waals surface area contributed by atoms with E-state index in [2.05, 4.69) is 27.8 Å². The Morgan fingerprint density at radius 2 is 1.79 bits per heavy atom. The van der Waals surface area contributed by atoms with E-state index in [0.717, 1.165) is 29.7 Å². The van der Waals surface area contributed by atoms with Crippen LogP contribution in [0.5, 0.6) is 0 Å². The van der Waals surface area contributed by atoms with Crippen molar-refractivity contribution in [3.05, 3.63) is 69.2 Å². The lowest BCUT2D eigenvalue weighted by molar-refractivity contribution is -0.128. The van der Waals surface area contributed by atoms with Gasteiger partial charge in [-0.2, -0.15) is 0 Å². The lowest BCUT2D eigenvalue weighted by atomic mass is 10.1. The van der Waals surface area contributed by atoms with Crippen LogP contribution in [0.3, 0.4) is 0 Å². The van der Waals surface area contributed by atoms with Gasteiger partial charge in [-0.05, 0) is 35.2 Å². The summed E-state index contributed by atoms with van der Waals surface area (Å²) in [6.45, 7) is 2.65. The Morgan fingerprint density at radius 3 is 2.43 bits per heavy atom. The molecule has 0 atom stereocenters. The van der Waals surface area contributed by atoms with Crippen LogP contribution in [-0.4, -0.2) is 30.4 Å². The molecular formula is C21H24Cl2N4O. The highest BCUT2D eigenvalue weighted by atomic mass is 35.5. The van der Waals surface area contributed by atoms with Gasteiger partial charge in [-0.15, -0.1) is 0 Å². The van der Waals surface area contributed by atoms with Gasteiger partial charge in [0.2, 0.25) is 5.91 Å². The van der Waals surface area contributed by atoms with E-state index < -0.39 is 0 Å². The number of guanidine groups is 1. The third kappa shape index (κ3) is 5.40. The average molecular weight is 419 g/mol. The van der Waals surface area contributed by atoms with Crippen molar-refractivity contribution in [2.45, 2.75) is 32.5 Å². The van der Waals surface area contributed by atoms with Crippen molar-refractivity contribution in [3.63, 3.8) is 0 Å². The van der Waals surface area contributed by atoms with E-state index in [0.29, 0.717) is 42.1 Å². The number of rotatable bonds is 6. The quantitative estimate of drug-likeness (QED) is 0.550. The average Bonchev–Trinajstić information content (AvgIpc) is 3.09. The molecule has 3 rings (SSSR count). The fourth-order valence-corrected chi connectivity index (χ4v) is 3.68. The molecule has 1 aliphatic rings. The molecule has 0 unspecified atom stereocenters. The normalized spacial score (nSPS) is 14.5. The molecule has 7 heteroatoms. The summed E-state index contributed by atoms with van der Waals surface area (Å²) >= 11 is 12.2. The maximum Gasteiger partial charge on any atom is 0.222 e. The molecule has 1 aliphatic heterocycles. The largest absolute Gasteiger partial charge is 0.352 e. The van der Waals surface area contributed by atoms with E-state index in [-0.39, 0.29) is 5.91 Å². The molecule has 0 saturated carbocycles. The maximum atomic E-state index is 11.9. The van der Waals surface area contributed by atoms with Crippen LogP contribution >= 0.6 is 23.2 Å². The van der Waals surface area contributed by atoms with Gasteiger partial charge in [0, 0.05) is 49.7 Å². The van der Waals surface area contributed by atoms with Crippen LogP contribution in [0.25, 0.3) is 0 Å². The molecule has 0 aromatic heterocycles. The summed E-state index contributed by atoms with van der Waals surface area (Å²) < 4.78 is 0. The summed E-state index contributed by atoms with van der Waals surface area (Å²) in [5.74, 6) is 0.915. The van der Waals surface area contributed by atoms with E-state index in [1.54, 1.807) is 13.1 Å². The van der Waals surface area contributed by atoms with Crippen molar-refractivity contribution in [2.75, 3.05) is 13.6 Å². The molecule has 0 bridgehead atoms. The number of nitrogens with zero attached hydrogens (tertiary/aromatic N) is 2. The van der Waals surface area contributed by atoms with Crippen LogP contribution in [0.2, 0.25) is 10.0 Å². The Kier molecular flexibility index (Phi) is 7.18. The first-order chi connectivity index (χ1) is 13.6. The van der Waals surface area contributed by atoms with Gasteiger partial charge in [0.15, 0.2) is 5.96 Å². The fraction of sp³-hybridized carbons (Fsp3) is 0.333. The number of nitrogens with one attached hydrogen (secondary N) is 2. The minimum atomic E-state index is 0.236. The number of amides is 1. The van der Waals surface area contributed by atoms with E-state index in [1.165, 1.54) is 0 Å². The van der Waals surface area contributed by atoms with Gasteiger partial charge in [0.05, 0.1) is 0 Å². The van der Waals surface area contributed by atoms with Gasteiger partial charge in [0.25, 0.3) is 0 Å². The lowest BCUT2D eigenvalue weighted by Crippen LogP contribution is -2.36. The zero-order chi connectivity index (χ0) is 19.9. The van der Waals surface area contributed by atoms with Crippen LogP contribution in [0.1, 0.15) is 29.5 Å². The van der Waals surface area contributed by atoms with Gasteiger partial charge in [-0.25, -0.2) is 0 Å². The summed E-state index contributed by atoms with van der Waals surface area (Å²) in [6, 6.07) is 13.6. The SMILES string of the molecule is CN=C(NCc1ccc(Cl)cc1Cl)NCc1ccccc1CN1CCCC1=O. The number of carbonyl (C=O) groups excluding carboxylic acids is 1. The molecule has 0 radical (unpaired) electrons. The highest BCUT2D eigenvalue weighted by Gasteiger charge is 2.20. The Balaban J connectivity index is 1.58. The highest BCUT2D eigenvalue weighted by molar-refractivity contribution is 6.35. The van der Waals surface area contributed by atoms with Gasteiger partial charge in [0.1, 0.15) is 0 Å². The van der Waals surface area contributed by atoms with Crippen molar-refractivity contribution in [2.24, 2.45) is 4.99 Å². The van der Waals surface area contributed by atoms with E-state index in [4.69, 9.17) is 23.2 Å². The molecule has 28 heavy (non-hydrogen) atoms. The molecule has 1 fully saturated rings. The minimum absolute atomic E-state index is 0.236. The first kappa shape index (κ1) is 20.5. The molecule has 1 amide bonds. The number of aliphatic imine (C=N–C) groups is 1. The molecule has 148 valence electrons. The van der Waals surface area contributed by atoms with Crippen LogP contribution in [0, 0.1) is 0 Å². The molecule has 2 aromatic carbocycles. The Bertz CT molecular complexity index is 869. The summed E-state index contributed by atoms with van der Waals surface area (Å²) in [5.41, 5.74) is 3.25. The molecule has 1 heterocycles. The third-order valence-electron chi connectivity index (χ3n) is 4.78. The number of benzene rings is 2.